The van der Waals surface area contributed by atoms with E-state index in [0.29, 0.717) is 29.1 Å². The Hall–Kier alpha value is -1.26. The Bertz CT molecular complexity index is 814. The lowest BCUT2D eigenvalue weighted by Gasteiger charge is -2.15. The first-order valence-corrected chi connectivity index (χ1v) is 9.47. The fraction of sp³-hybridized carbons (Fsp3) is 0.400. The number of rotatable bonds is 7. The van der Waals surface area contributed by atoms with E-state index in [9.17, 15) is 5.11 Å². The summed E-state index contributed by atoms with van der Waals surface area (Å²) in [6.45, 7) is 6.43. The highest BCUT2D eigenvalue weighted by molar-refractivity contribution is 6.33. The summed E-state index contributed by atoms with van der Waals surface area (Å²) < 4.78 is 2.14. The van der Waals surface area contributed by atoms with Crippen LogP contribution < -0.4 is 5.32 Å². The van der Waals surface area contributed by atoms with Crippen LogP contribution in [0, 0.1) is 5.92 Å². The number of benzene rings is 2. The van der Waals surface area contributed by atoms with E-state index in [2.05, 4.69) is 23.7 Å². The van der Waals surface area contributed by atoms with Gasteiger partial charge in [-0.3, -0.25) is 0 Å². The van der Waals surface area contributed by atoms with E-state index in [4.69, 9.17) is 23.2 Å². The summed E-state index contributed by atoms with van der Waals surface area (Å²) in [5, 5.41) is 17.3. The third-order valence-electron chi connectivity index (χ3n) is 4.46. The van der Waals surface area contributed by atoms with Gasteiger partial charge in [0.15, 0.2) is 0 Å². The lowest BCUT2D eigenvalue weighted by molar-refractivity contribution is 0.154. The molecule has 0 aliphatic rings. The Morgan fingerprint density at radius 2 is 1.56 bits per heavy atom. The van der Waals surface area contributed by atoms with E-state index in [-0.39, 0.29) is 0 Å². The molecule has 0 spiro atoms. The van der Waals surface area contributed by atoms with Crippen molar-refractivity contribution in [3.63, 3.8) is 0 Å². The predicted molar refractivity (Wildman–Crippen MR) is 108 cm³/mol. The van der Waals surface area contributed by atoms with Gasteiger partial charge in [0, 0.05) is 38.4 Å². The van der Waals surface area contributed by atoms with Crippen LogP contribution in [-0.4, -0.2) is 28.9 Å². The van der Waals surface area contributed by atoms with Crippen molar-refractivity contribution in [1.29, 1.82) is 0 Å². The molecule has 3 rings (SSSR count). The normalized spacial score (nSPS) is 13.2. The molecule has 3 aromatic rings. The number of fused-ring (bicyclic) bond motifs is 3. The molecular weight excluding hydrogens is 355 g/mol. The maximum atomic E-state index is 10.5. The van der Waals surface area contributed by atoms with Crippen molar-refractivity contribution >= 4 is 45.0 Å². The zero-order valence-corrected chi connectivity index (χ0v) is 16.1. The van der Waals surface area contributed by atoms with Gasteiger partial charge in [-0.2, -0.15) is 0 Å². The summed E-state index contributed by atoms with van der Waals surface area (Å²) in [5.74, 6) is 0.663. The Labute approximate surface area is 158 Å². The molecule has 1 heterocycles. The number of hydrogen-bond donors (Lipinski definition) is 2. The molecule has 0 radical (unpaired) electrons. The van der Waals surface area contributed by atoms with Gasteiger partial charge in [0.1, 0.15) is 0 Å². The molecule has 5 heteroatoms. The Morgan fingerprint density at radius 1 is 1.00 bits per heavy atom. The molecule has 1 atom stereocenters. The van der Waals surface area contributed by atoms with Crippen molar-refractivity contribution in [1.82, 2.24) is 9.88 Å². The van der Waals surface area contributed by atoms with Gasteiger partial charge in [-0.25, -0.2) is 0 Å². The molecule has 0 aliphatic carbocycles. The minimum Gasteiger partial charge on any atom is -0.390 e. The lowest BCUT2D eigenvalue weighted by atomic mass is 10.1. The maximum absolute atomic E-state index is 10.5. The molecular formula is C20H24Cl2N2O. The molecule has 0 amide bonds. The number of aliphatic hydroxyl groups excluding tert-OH is 1. The predicted octanol–water partition coefficient (Wildman–Crippen LogP) is 5.10. The summed E-state index contributed by atoms with van der Waals surface area (Å²) in [6, 6.07) is 11.7. The average molecular weight is 379 g/mol. The van der Waals surface area contributed by atoms with E-state index in [0.717, 1.165) is 34.8 Å². The second kappa shape index (κ2) is 7.96. The zero-order valence-electron chi connectivity index (χ0n) is 14.6. The third-order valence-corrected chi connectivity index (χ3v) is 4.93. The smallest absolute Gasteiger partial charge is 0.0843 e. The summed E-state index contributed by atoms with van der Waals surface area (Å²) in [6.07, 6.45) is 0.649. The molecule has 1 aromatic heterocycles. The van der Waals surface area contributed by atoms with Gasteiger partial charge in [0.25, 0.3) is 0 Å². The van der Waals surface area contributed by atoms with Crippen LogP contribution in [-0.2, 0) is 6.54 Å². The van der Waals surface area contributed by atoms with Crippen molar-refractivity contribution in [2.24, 2.45) is 5.92 Å². The highest BCUT2D eigenvalue weighted by Crippen LogP contribution is 2.32. The SMILES string of the molecule is CC(C)CCNC[C@H](O)Cn1c2ccc(Cl)cc2c2cc(Cl)ccc21. The van der Waals surface area contributed by atoms with Crippen LogP contribution in [0.3, 0.4) is 0 Å². The van der Waals surface area contributed by atoms with Crippen molar-refractivity contribution in [3.05, 3.63) is 46.4 Å². The number of nitrogens with one attached hydrogen (secondary N) is 1. The molecule has 0 bridgehead atoms. The highest BCUT2D eigenvalue weighted by atomic mass is 35.5. The third kappa shape index (κ3) is 4.29. The number of aliphatic hydroxyl groups is 1. The molecule has 0 unspecified atom stereocenters. The van der Waals surface area contributed by atoms with Gasteiger partial charge in [0.2, 0.25) is 0 Å². The zero-order chi connectivity index (χ0) is 18.0. The Balaban J connectivity index is 1.87. The van der Waals surface area contributed by atoms with Crippen LogP contribution in [0.2, 0.25) is 10.0 Å². The average Bonchev–Trinajstić information content (AvgIpc) is 2.84. The number of nitrogens with zero attached hydrogens (tertiary/aromatic N) is 1. The maximum Gasteiger partial charge on any atom is 0.0843 e. The summed E-state index contributed by atoms with van der Waals surface area (Å²) in [7, 11) is 0. The van der Waals surface area contributed by atoms with Gasteiger partial charge in [-0.15, -0.1) is 0 Å². The first-order valence-electron chi connectivity index (χ1n) is 8.71. The highest BCUT2D eigenvalue weighted by Gasteiger charge is 2.14. The fourth-order valence-electron chi connectivity index (χ4n) is 3.18. The van der Waals surface area contributed by atoms with E-state index in [1.165, 1.54) is 0 Å². The number of halogens is 2. The Morgan fingerprint density at radius 3 is 2.08 bits per heavy atom. The second-order valence-corrected chi connectivity index (χ2v) is 7.85. The summed E-state index contributed by atoms with van der Waals surface area (Å²) in [4.78, 5) is 0. The van der Waals surface area contributed by atoms with Gasteiger partial charge >= 0.3 is 0 Å². The standard InChI is InChI=1S/C20H24Cl2N2O/c1-13(2)7-8-23-11-16(25)12-24-19-5-3-14(21)9-17(19)18-10-15(22)4-6-20(18)24/h3-6,9-10,13,16,23,25H,7-8,11-12H2,1-2H3/t16-/m0/s1. The van der Waals surface area contributed by atoms with E-state index in [1.807, 2.05) is 36.4 Å². The van der Waals surface area contributed by atoms with Crippen LogP contribution >= 0.6 is 23.2 Å². The minimum absolute atomic E-state index is 0.461. The minimum atomic E-state index is -0.461. The molecule has 25 heavy (non-hydrogen) atoms. The van der Waals surface area contributed by atoms with Crippen molar-refractivity contribution in [3.8, 4) is 0 Å². The van der Waals surface area contributed by atoms with Crippen LogP contribution in [0.5, 0.6) is 0 Å². The monoisotopic (exact) mass is 378 g/mol. The molecule has 0 saturated carbocycles. The van der Waals surface area contributed by atoms with E-state index < -0.39 is 6.10 Å². The quantitative estimate of drug-likeness (QED) is 0.561. The molecule has 3 nitrogen and oxygen atoms in total. The molecule has 0 fully saturated rings. The lowest BCUT2D eigenvalue weighted by Crippen LogP contribution is -2.31. The van der Waals surface area contributed by atoms with Crippen molar-refractivity contribution in [2.75, 3.05) is 13.1 Å². The van der Waals surface area contributed by atoms with Crippen molar-refractivity contribution in [2.45, 2.75) is 32.9 Å². The molecule has 2 N–H and O–H groups in total. The van der Waals surface area contributed by atoms with Crippen LogP contribution in [0.1, 0.15) is 20.3 Å². The number of hydrogen-bond acceptors (Lipinski definition) is 2. The summed E-state index contributed by atoms with van der Waals surface area (Å²) >= 11 is 12.4. The van der Waals surface area contributed by atoms with E-state index >= 15 is 0 Å². The first-order chi connectivity index (χ1) is 12.0. The summed E-state index contributed by atoms with van der Waals surface area (Å²) in [5.41, 5.74) is 2.12. The molecule has 134 valence electrons. The van der Waals surface area contributed by atoms with Gasteiger partial charge in [-0.1, -0.05) is 37.0 Å². The molecule has 0 aliphatic heterocycles. The van der Waals surface area contributed by atoms with E-state index in [1.54, 1.807) is 0 Å². The van der Waals surface area contributed by atoms with Gasteiger partial charge in [-0.05, 0) is 55.3 Å². The molecule has 2 aromatic carbocycles. The van der Waals surface area contributed by atoms with Crippen LogP contribution in [0.15, 0.2) is 36.4 Å². The topological polar surface area (TPSA) is 37.2 Å². The first kappa shape index (κ1) is 18.5. The van der Waals surface area contributed by atoms with Crippen molar-refractivity contribution < 1.29 is 5.11 Å². The molecule has 0 saturated heterocycles. The number of aromatic nitrogens is 1. The second-order valence-electron chi connectivity index (χ2n) is 6.97. The van der Waals surface area contributed by atoms with Crippen LogP contribution in [0.4, 0.5) is 0 Å². The largest absolute Gasteiger partial charge is 0.390 e. The van der Waals surface area contributed by atoms with Crippen LogP contribution in [0.25, 0.3) is 21.8 Å². The van der Waals surface area contributed by atoms with Gasteiger partial charge in [0.05, 0.1) is 12.6 Å². The Kier molecular flexibility index (Phi) is 5.90. The van der Waals surface area contributed by atoms with Gasteiger partial charge < -0.3 is 15.0 Å². The fourth-order valence-corrected chi connectivity index (χ4v) is 3.52.